The molecular formula is C60H72B2N2. The van der Waals surface area contributed by atoms with Gasteiger partial charge in [0.2, 0.25) is 0 Å². The fraction of sp³-hybridized carbons (Fsp3) is 0.200. The summed E-state index contributed by atoms with van der Waals surface area (Å²) in [6.07, 6.45) is -2.43. The summed E-state index contributed by atoms with van der Waals surface area (Å²) in [5, 5.41) is 0. The van der Waals surface area contributed by atoms with Crippen molar-refractivity contribution in [1.29, 1.82) is 0 Å². The average molecular weight is 843 g/mol. The van der Waals surface area contributed by atoms with Crippen LogP contribution in [0.3, 0.4) is 0 Å². The van der Waals surface area contributed by atoms with Gasteiger partial charge in [0.25, 0.3) is 0 Å². The van der Waals surface area contributed by atoms with E-state index in [0.29, 0.717) is 0 Å². The van der Waals surface area contributed by atoms with Crippen molar-refractivity contribution in [2.24, 2.45) is 0 Å². The largest absolute Gasteiger partial charge is 0.336 e. The SMILES string of the molecule is CC[NH+](CC)CC.CC[NH+](CC)CC.c1ccc([B-](c2ccccc2)(c2ccccc2)c2ccccc2)cc1.c1ccc([B-](c2ccccc2)(c2ccccc2)c2ccccc2)cc1. The van der Waals surface area contributed by atoms with E-state index in [2.05, 4.69) is 284 Å². The molecule has 0 aliphatic rings. The third kappa shape index (κ3) is 12.1. The molecule has 0 aliphatic carbocycles. The Bertz CT molecular complexity index is 1860. The minimum Gasteiger partial charge on any atom is -0.336 e. The summed E-state index contributed by atoms with van der Waals surface area (Å²) in [5.41, 5.74) is 10.7. The monoisotopic (exact) mass is 843 g/mol. The van der Waals surface area contributed by atoms with Crippen molar-refractivity contribution in [3.63, 3.8) is 0 Å². The third-order valence-corrected chi connectivity index (χ3v) is 13.4. The van der Waals surface area contributed by atoms with Gasteiger partial charge in [-0.25, -0.2) is 0 Å². The highest BCUT2D eigenvalue weighted by molar-refractivity contribution is 7.20. The zero-order chi connectivity index (χ0) is 45.3. The zero-order valence-corrected chi connectivity index (χ0v) is 39.5. The van der Waals surface area contributed by atoms with Crippen LogP contribution in [-0.2, 0) is 0 Å². The summed E-state index contributed by atoms with van der Waals surface area (Å²) in [6.45, 7) is 21.0. The van der Waals surface area contributed by atoms with Gasteiger partial charge in [-0.1, -0.05) is 243 Å². The summed E-state index contributed by atoms with van der Waals surface area (Å²) in [6, 6.07) is 87.1. The second-order valence-corrected chi connectivity index (χ2v) is 16.6. The number of hydrogen-bond donors (Lipinski definition) is 2. The molecule has 8 aromatic carbocycles. The Balaban J connectivity index is 0.000000187. The van der Waals surface area contributed by atoms with Crippen LogP contribution < -0.4 is 53.5 Å². The molecule has 8 rings (SSSR count). The molecule has 0 bridgehead atoms. The standard InChI is InChI=1S/2C24H20B.2C6H15N/c2*1-5-13-21(14-6-1)25(22-15-7-2-8-16-22,23-17-9-3-10-18-23)24-19-11-4-12-20-24;2*1-4-7(5-2)6-3/h2*1-20H;2*4-6H2,1-3H3/q2*-1;;/p+2. The van der Waals surface area contributed by atoms with Gasteiger partial charge in [0.1, 0.15) is 12.3 Å². The molecule has 0 aliphatic heterocycles. The summed E-state index contributed by atoms with van der Waals surface area (Å²) >= 11 is 0. The number of rotatable bonds is 14. The Morgan fingerprint density at radius 1 is 0.203 bits per heavy atom. The van der Waals surface area contributed by atoms with Crippen LogP contribution in [0.4, 0.5) is 0 Å². The maximum Gasteiger partial charge on any atom is 0.108 e. The molecule has 0 fully saturated rings. The van der Waals surface area contributed by atoms with Crippen LogP contribution in [-0.4, -0.2) is 51.6 Å². The van der Waals surface area contributed by atoms with E-state index in [1.165, 1.54) is 83.0 Å². The van der Waals surface area contributed by atoms with Gasteiger partial charge in [-0.2, -0.15) is 43.7 Å². The summed E-state index contributed by atoms with van der Waals surface area (Å²) in [5.74, 6) is 0. The lowest BCUT2D eigenvalue weighted by molar-refractivity contribution is -0.894. The Labute approximate surface area is 387 Å². The van der Waals surface area contributed by atoms with E-state index in [9.17, 15) is 0 Å². The van der Waals surface area contributed by atoms with Crippen LogP contribution in [0.1, 0.15) is 41.5 Å². The van der Waals surface area contributed by atoms with Gasteiger partial charge in [-0.3, -0.25) is 0 Å². The lowest BCUT2D eigenvalue weighted by Crippen LogP contribution is -3.11. The van der Waals surface area contributed by atoms with Gasteiger partial charge in [0.15, 0.2) is 0 Å². The first-order valence-electron chi connectivity index (χ1n) is 24.0. The van der Waals surface area contributed by atoms with E-state index in [0.717, 1.165) is 0 Å². The van der Waals surface area contributed by atoms with E-state index < -0.39 is 12.3 Å². The van der Waals surface area contributed by atoms with Gasteiger partial charge in [-0.05, 0) is 41.5 Å². The molecule has 0 heterocycles. The fourth-order valence-electron chi connectivity index (χ4n) is 9.74. The van der Waals surface area contributed by atoms with Crippen LogP contribution in [0, 0.1) is 0 Å². The van der Waals surface area contributed by atoms with E-state index >= 15 is 0 Å². The topological polar surface area (TPSA) is 8.88 Å². The van der Waals surface area contributed by atoms with Gasteiger partial charge >= 0.3 is 0 Å². The minimum absolute atomic E-state index is 1.22. The Morgan fingerprint density at radius 2 is 0.312 bits per heavy atom. The lowest BCUT2D eigenvalue weighted by atomic mass is 9.13. The van der Waals surface area contributed by atoms with E-state index in [1.54, 1.807) is 9.80 Å². The second kappa shape index (κ2) is 26.4. The van der Waals surface area contributed by atoms with Crippen molar-refractivity contribution in [2.45, 2.75) is 41.5 Å². The van der Waals surface area contributed by atoms with Crippen LogP contribution in [0.25, 0.3) is 0 Å². The second-order valence-electron chi connectivity index (χ2n) is 16.6. The maximum absolute atomic E-state index is 2.26. The van der Waals surface area contributed by atoms with Crippen LogP contribution >= 0.6 is 0 Å². The zero-order valence-electron chi connectivity index (χ0n) is 39.5. The molecular weight excluding hydrogens is 770 g/mol. The predicted octanol–water partition coefficient (Wildman–Crippen LogP) is 5.99. The molecule has 0 saturated carbocycles. The number of nitrogens with one attached hydrogen (secondary N) is 2. The van der Waals surface area contributed by atoms with E-state index in [4.69, 9.17) is 0 Å². The lowest BCUT2D eigenvalue weighted by Gasteiger charge is -2.44. The summed E-state index contributed by atoms with van der Waals surface area (Å²) in [4.78, 5) is 3.36. The quantitative estimate of drug-likeness (QED) is 0.125. The molecule has 8 aromatic rings. The molecule has 0 spiro atoms. The maximum atomic E-state index is 2.26. The number of quaternary nitrogens is 2. The first-order chi connectivity index (χ1) is 31.5. The van der Waals surface area contributed by atoms with Crippen molar-refractivity contribution in [2.75, 3.05) is 39.3 Å². The van der Waals surface area contributed by atoms with Crippen molar-refractivity contribution < 1.29 is 9.80 Å². The van der Waals surface area contributed by atoms with Crippen LogP contribution in [0.5, 0.6) is 0 Å². The Hall–Kier alpha value is -6.19. The van der Waals surface area contributed by atoms with E-state index in [1.807, 2.05) is 0 Å². The van der Waals surface area contributed by atoms with Crippen molar-refractivity contribution >= 4 is 56.0 Å². The first-order valence-corrected chi connectivity index (χ1v) is 24.0. The predicted molar refractivity (Wildman–Crippen MR) is 285 cm³/mol. The van der Waals surface area contributed by atoms with Crippen LogP contribution in [0.2, 0.25) is 0 Å². The molecule has 0 amide bonds. The summed E-state index contributed by atoms with van der Waals surface area (Å²) in [7, 11) is 0. The molecule has 0 atom stereocenters. The minimum atomic E-state index is -1.22. The molecule has 0 radical (unpaired) electrons. The van der Waals surface area contributed by atoms with Crippen molar-refractivity contribution in [1.82, 2.24) is 0 Å². The highest BCUT2D eigenvalue weighted by atomic mass is 15.1. The fourth-order valence-corrected chi connectivity index (χ4v) is 9.74. The number of benzene rings is 8. The van der Waals surface area contributed by atoms with Crippen LogP contribution in [0.15, 0.2) is 243 Å². The van der Waals surface area contributed by atoms with Crippen molar-refractivity contribution in [3.8, 4) is 0 Å². The van der Waals surface area contributed by atoms with Gasteiger partial charge < -0.3 is 9.80 Å². The molecule has 2 N–H and O–H groups in total. The van der Waals surface area contributed by atoms with Gasteiger partial charge in [0, 0.05) is 0 Å². The van der Waals surface area contributed by atoms with Crippen molar-refractivity contribution in [3.05, 3.63) is 243 Å². The average Bonchev–Trinajstić information content (AvgIpc) is 3.39. The van der Waals surface area contributed by atoms with Gasteiger partial charge in [0.05, 0.1) is 39.3 Å². The van der Waals surface area contributed by atoms with E-state index in [-0.39, 0.29) is 0 Å². The molecule has 0 saturated heterocycles. The molecule has 0 unspecified atom stereocenters. The molecule has 0 aromatic heterocycles. The molecule has 64 heavy (non-hydrogen) atoms. The first kappa shape index (κ1) is 48.8. The van der Waals surface area contributed by atoms with Gasteiger partial charge in [-0.15, -0.1) is 0 Å². The summed E-state index contributed by atoms with van der Waals surface area (Å²) < 4.78 is 0. The third-order valence-electron chi connectivity index (χ3n) is 13.4. The molecule has 2 nitrogen and oxygen atoms in total. The number of hydrogen-bond acceptors (Lipinski definition) is 0. The highest BCUT2D eigenvalue weighted by Gasteiger charge is 2.32. The molecule has 328 valence electrons. The molecule has 4 heteroatoms. The normalized spacial score (nSPS) is 11.0. The Morgan fingerprint density at radius 3 is 0.391 bits per heavy atom. The Kier molecular flexibility index (Phi) is 20.2. The smallest absolute Gasteiger partial charge is 0.108 e. The highest BCUT2D eigenvalue weighted by Crippen LogP contribution is 2.11.